The number of imidazole rings is 1. The number of nitrogens with one attached hydrogen (secondary N) is 1. The number of anilines is 1. The van der Waals surface area contributed by atoms with Crippen molar-refractivity contribution in [3.63, 3.8) is 0 Å². The number of carboxylic acids is 1. The molecule has 2 aromatic heterocycles. The first-order chi connectivity index (χ1) is 14.3. The van der Waals surface area contributed by atoms with Crippen molar-refractivity contribution in [2.45, 2.75) is 32.5 Å². The highest BCUT2D eigenvalue weighted by atomic mass is 31.2. The predicted octanol–water partition coefficient (Wildman–Crippen LogP) is 2.11. The van der Waals surface area contributed by atoms with Crippen LogP contribution in [-0.2, 0) is 20.6 Å². The molecule has 0 saturated carbocycles. The van der Waals surface area contributed by atoms with Crippen molar-refractivity contribution in [3.8, 4) is 5.75 Å². The maximum Gasteiger partial charge on any atom is 0.342 e. The van der Waals surface area contributed by atoms with Crippen LogP contribution in [0.1, 0.15) is 13.8 Å². The van der Waals surface area contributed by atoms with Gasteiger partial charge < -0.3 is 24.7 Å². The van der Waals surface area contributed by atoms with Crippen LogP contribution in [0.4, 0.5) is 5.82 Å². The highest BCUT2D eigenvalue weighted by Gasteiger charge is 2.31. The van der Waals surface area contributed by atoms with Gasteiger partial charge in [-0.2, -0.15) is 0 Å². The Labute approximate surface area is 172 Å². The number of rotatable bonds is 10. The van der Waals surface area contributed by atoms with E-state index in [0.29, 0.717) is 23.5 Å². The number of nitrogens with two attached hydrogens (primary N) is 1. The van der Waals surface area contributed by atoms with Crippen LogP contribution >= 0.6 is 7.52 Å². The molecule has 0 aliphatic heterocycles. The zero-order chi connectivity index (χ0) is 21.7. The van der Waals surface area contributed by atoms with Crippen LogP contribution in [0.25, 0.3) is 11.2 Å². The smallest absolute Gasteiger partial charge is 0.342 e. The molecule has 3 rings (SSSR count). The van der Waals surface area contributed by atoms with E-state index >= 15 is 0 Å². The van der Waals surface area contributed by atoms with Crippen molar-refractivity contribution in [2.75, 3.05) is 12.1 Å². The minimum atomic E-state index is -3.67. The van der Waals surface area contributed by atoms with Crippen molar-refractivity contribution in [1.29, 1.82) is 0 Å². The standard InChI is InChI=1S/C18H23N6O5P/c1-12(8-24-10-22-15-16(19)20-9-21-17(15)24)28-11-30(27,23-13(2)18(25)26)29-14-6-4-3-5-7-14/h3-7,9-10,12-13H,8,11H2,1-2H3,(H,23,27)(H,25,26)(H2,19,20,21)/t12-,13?,30?/m0/s1. The van der Waals surface area contributed by atoms with Gasteiger partial charge in [-0.15, -0.1) is 0 Å². The fraction of sp³-hybridized carbons (Fsp3) is 0.333. The van der Waals surface area contributed by atoms with Gasteiger partial charge in [-0.1, -0.05) is 18.2 Å². The van der Waals surface area contributed by atoms with Crippen LogP contribution in [-0.4, -0.2) is 49.1 Å². The Hall–Kier alpha value is -3.01. The molecule has 0 aliphatic carbocycles. The number of para-hydroxylation sites is 1. The molecule has 0 spiro atoms. The molecule has 30 heavy (non-hydrogen) atoms. The SMILES string of the molecule is CC(NP(=O)(CO[C@@H](C)Cn1cnc2c(N)ncnc21)Oc1ccccc1)C(=O)O. The second-order valence-corrected chi connectivity index (χ2v) is 8.75. The molecule has 0 fully saturated rings. The summed E-state index contributed by atoms with van der Waals surface area (Å²) in [5.41, 5.74) is 6.83. The number of ether oxygens (including phenoxy) is 1. The Morgan fingerprint density at radius 1 is 1.27 bits per heavy atom. The van der Waals surface area contributed by atoms with Crippen LogP contribution < -0.4 is 15.3 Å². The number of aromatic nitrogens is 4. The number of fused-ring (bicyclic) bond motifs is 1. The molecule has 0 bridgehead atoms. The van der Waals surface area contributed by atoms with Gasteiger partial charge in [0.15, 0.2) is 11.5 Å². The predicted molar refractivity (Wildman–Crippen MR) is 110 cm³/mol. The quantitative estimate of drug-likeness (QED) is 0.404. The van der Waals surface area contributed by atoms with E-state index in [1.165, 1.54) is 13.3 Å². The summed E-state index contributed by atoms with van der Waals surface area (Å²) in [6, 6.07) is 7.41. The molecule has 1 aromatic carbocycles. The monoisotopic (exact) mass is 434 g/mol. The summed E-state index contributed by atoms with van der Waals surface area (Å²) in [5, 5.41) is 11.7. The van der Waals surface area contributed by atoms with Crippen LogP contribution in [0, 0.1) is 0 Å². The molecule has 0 aliphatic rings. The molecule has 11 nitrogen and oxygen atoms in total. The average molecular weight is 434 g/mol. The summed E-state index contributed by atoms with van der Waals surface area (Å²) < 4.78 is 26.4. The molecular weight excluding hydrogens is 411 g/mol. The topological polar surface area (TPSA) is 154 Å². The lowest BCUT2D eigenvalue weighted by Gasteiger charge is -2.24. The van der Waals surface area contributed by atoms with Gasteiger partial charge in [0.2, 0.25) is 0 Å². The van der Waals surface area contributed by atoms with Crippen molar-refractivity contribution in [1.82, 2.24) is 24.6 Å². The van der Waals surface area contributed by atoms with E-state index < -0.39 is 25.6 Å². The third-order valence-corrected chi connectivity index (χ3v) is 5.94. The van der Waals surface area contributed by atoms with Gasteiger partial charge >= 0.3 is 13.5 Å². The number of hydrogen-bond donors (Lipinski definition) is 3. The van der Waals surface area contributed by atoms with E-state index in [2.05, 4.69) is 20.0 Å². The number of benzene rings is 1. The molecule has 0 radical (unpaired) electrons. The van der Waals surface area contributed by atoms with Gasteiger partial charge in [-0.25, -0.2) is 20.0 Å². The summed E-state index contributed by atoms with van der Waals surface area (Å²) >= 11 is 0. The Bertz CT molecular complexity index is 1060. The molecule has 160 valence electrons. The first kappa shape index (κ1) is 21.7. The molecule has 3 aromatic rings. The zero-order valence-corrected chi connectivity index (χ0v) is 17.4. The van der Waals surface area contributed by atoms with Gasteiger partial charge in [0, 0.05) is 0 Å². The second-order valence-electron chi connectivity index (χ2n) is 6.70. The van der Waals surface area contributed by atoms with Gasteiger partial charge in [-0.3, -0.25) is 9.36 Å². The first-order valence-electron chi connectivity index (χ1n) is 9.14. The molecule has 2 unspecified atom stereocenters. The highest BCUT2D eigenvalue weighted by molar-refractivity contribution is 7.57. The summed E-state index contributed by atoms with van der Waals surface area (Å²) in [6.45, 7) is 3.52. The van der Waals surface area contributed by atoms with Gasteiger partial charge in [0.25, 0.3) is 0 Å². The van der Waals surface area contributed by atoms with E-state index in [4.69, 9.17) is 15.0 Å². The summed E-state index contributed by atoms with van der Waals surface area (Å²) in [4.78, 5) is 23.5. The van der Waals surface area contributed by atoms with Crippen molar-refractivity contribution >= 4 is 30.5 Å². The van der Waals surface area contributed by atoms with Crippen molar-refractivity contribution < 1.29 is 23.7 Å². The Kier molecular flexibility index (Phi) is 6.66. The summed E-state index contributed by atoms with van der Waals surface area (Å²) in [7, 11) is -3.67. The Morgan fingerprint density at radius 3 is 2.70 bits per heavy atom. The van der Waals surface area contributed by atoms with Crippen LogP contribution in [0.3, 0.4) is 0 Å². The lowest BCUT2D eigenvalue weighted by molar-refractivity contribution is -0.138. The van der Waals surface area contributed by atoms with Gasteiger partial charge in [-0.05, 0) is 26.0 Å². The van der Waals surface area contributed by atoms with Crippen LogP contribution in [0.15, 0.2) is 43.0 Å². The van der Waals surface area contributed by atoms with E-state index in [0.717, 1.165) is 0 Å². The summed E-state index contributed by atoms with van der Waals surface area (Å²) in [6.07, 6.45) is 2.18. The number of nitrogens with zero attached hydrogens (tertiary/aromatic N) is 4. The number of aliphatic carboxylic acids is 1. The number of nitrogen functional groups attached to an aromatic ring is 1. The molecule has 3 atom stereocenters. The minimum absolute atomic E-state index is 0.278. The number of carboxylic acid groups (broad SMARTS) is 1. The molecule has 2 heterocycles. The summed E-state index contributed by atoms with van der Waals surface area (Å²) in [5.74, 6) is -0.531. The van der Waals surface area contributed by atoms with E-state index in [1.807, 2.05) is 0 Å². The fourth-order valence-electron chi connectivity index (χ4n) is 2.68. The van der Waals surface area contributed by atoms with Gasteiger partial charge in [0.05, 0.1) is 19.0 Å². The van der Waals surface area contributed by atoms with Crippen LogP contribution in [0.5, 0.6) is 5.75 Å². The lowest BCUT2D eigenvalue weighted by atomic mass is 10.3. The zero-order valence-electron chi connectivity index (χ0n) is 16.5. The largest absolute Gasteiger partial charge is 0.480 e. The third-order valence-electron chi connectivity index (χ3n) is 4.17. The van der Waals surface area contributed by atoms with E-state index in [9.17, 15) is 14.5 Å². The van der Waals surface area contributed by atoms with E-state index in [-0.39, 0.29) is 12.2 Å². The van der Waals surface area contributed by atoms with Crippen molar-refractivity contribution in [3.05, 3.63) is 43.0 Å². The molecule has 4 N–H and O–H groups in total. The van der Waals surface area contributed by atoms with Gasteiger partial charge in [0.1, 0.15) is 30.0 Å². The Balaban J connectivity index is 1.69. The molecular formula is C18H23N6O5P. The average Bonchev–Trinajstić information content (AvgIpc) is 3.11. The second kappa shape index (κ2) is 9.21. The van der Waals surface area contributed by atoms with Crippen molar-refractivity contribution in [2.24, 2.45) is 0 Å². The number of carbonyl (C=O) groups is 1. The maximum atomic E-state index is 13.3. The fourth-order valence-corrected chi connectivity index (χ4v) is 4.47. The lowest BCUT2D eigenvalue weighted by Crippen LogP contribution is -2.34. The highest BCUT2D eigenvalue weighted by Crippen LogP contribution is 2.43. The number of hydrogen-bond acceptors (Lipinski definition) is 8. The first-order valence-corrected chi connectivity index (χ1v) is 11.0. The van der Waals surface area contributed by atoms with Crippen LogP contribution in [0.2, 0.25) is 0 Å². The minimum Gasteiger partial charge on any atom is -0.480 e. The van der Waals surface area contributed by atoms with E-state index in [1.54, 1.807) is 48.1 Å². The third kappa shape index (κ3) is 5.32. The maximum absolute atomic E-state index is 13.3. The Morgan fingerprint density at radius 2 is 2.00 bits per heavy atom. The molecule has 0 amide bonds. The molecule has 0 saturated heterocycles. The normalized spacial score (nSPS) is 15.4. The molecule has 12 heteroatoms.